The van der Waals surface area contributed by atoms with Crippen molar-refractivity contribution in [3.05, 3.63) is 31.5 Å². The molecular weight excluding hydrogens is 746 g/mol. The highest BCUT2D eigenvalue weighted by Crippen LogP contribution is 2.06. The molecule has 0 spiro atoms. The van der Waals surface area contributed by atoms with Gasteiger partial charge in [-0.25, -0.2) is 9.59 Å². The molecule has 1 aromatic heterocycles. The number of aromatic nitrogens is 2. The van der Waals surface area contributed by atoms with Crippen LogP contribution in [0.2, 0.25) is 0 Å². The molecule has 1 heterocycles. The number of unbranched alkanes of at least 4 members (excludes halogenated alkanes) is 1. The van der Waals surface area contributed by atoms with Crippen LogP contribution >= 0.6 is 15.9 Å². The Kier molecular flexibility index (Phi) is 19.1. The van der Waals surface area contributed by atoms with Gasteiger partial charge in [0, 0.05) is 19.3 Å². The van der Waals surface area contributed by atoms with E-state index in [-0.39, 0.29) is 55.6 Å². The number of carboxylic acids is 1. The van der Waals surface area contributed by atoms with Crippen molar-refractivity contribution in [3.63, 3.8) is 0 Å². The van der Waals surface area contributed by atoms with Crippen molar-refractivity contribution in [2.45, 2.75) is 88.8 Å². The molecule has 0 bridgehead atoms. The number of nitrogens with zero attached hydrogens (tertiary/aromatic N) is 2. The van der Waals surface area contributed by atoms with Gasteiger partial charge in [0.2, 0.25) is 29.5 Å². The smallest absolute Gasteiger partial charge is 0.328 e. The van der Waals surface area contributed by atoms with E-state index in [1.165, 1.54) is 6.92 Å². The summed E-state index contributed by atoms with van der Waals surface area (Å²) < 4.78 is 1.02. The third-order valence-corrected chi connectivity index (χ3v) is 7.57. The number of rotatable bonds is 22. The van der Waals surface area contributed by atoms with Crippen LogP contribution in [0.3, 0.4) is 0 Å². The van der Waals surface area contributed by atoms with Gasteiger partial charge in [0.15, 0.2) is 12.0 Å². The van der Waals surface area contributed by atoms with Crippen LogP contribution in [-0.2, 0) is 35.3 Å². The van der Waals surface area contributed by atoms with Gasteiger partial charge >= 0.3 is 11.7 Å². The maximum atomic E-state index is 13.4. The predicted octanol–water partition coefficient (Wildman–Crippen LogP) is -5.62. The number of carbonyl (C=O) groups excluding carboxylic acids is 5. The second kappa shape index (κ2) is 22.1. The van der Waals surface area contributed by atoms with Crippen LogP contribution in [0.15, 0.2) is 25.3 Å². The lowest BCUT2D eigenvalue weighted by molar-refractivity contribution is -0.145. The number of nitrogens with two attached hydrogens (primary N) is 3. The molecule has 0 aliphatic carbocycles. The standard InChI is InChI=1S/C28H46BrN11O11/c1-13(30)21(44)35-17(7-5-9-34-27(31)32)23(46)36-16(24(47)37-18(12-41)25(48)38-20(14(2)42)26(49)50)6-3-4-8-33-19(43)11-40-10-15(29)22(45)39-28(40)51/h10,13-14,16-18,20,41-42H,3-9,11-12,30H2,1-2H3,(H,33,43)(H,35,44)(H,36,46)(H,37,47)(H,38,48)(H,49,50)(H4,31,32,34)(H,39,45,51)/t13-,14+,16-,17-,18-,20-/m0/s1. The lowest BCUT2D eigenvalue weighted by Gasteiger charge is -2.26. The third-order valence-electron chi connectivity index (χ3n) is 7.01. The number of aliphatic hydroxyl groups is 2. The average molecular weight is 793 g/mol. The molecule has 23 heteroatoms. The fraction of sp³-hybridized carbons (Fsp3) is 0.607. The Hall–Kier alpha value is -4.87. The first-order chi connectivity index (χ1) is 23.9. The lowest BCUT2D eigenvalue weighted by Crippen LogP contribution is -2.59. The number of nitrogens with one attached hydrogen (secondary N) is 6. The molecule has 0 unspecified atom stereocenters. The Labute approximate surface area is 299 Å². The molecular formula is C28H46BrN11O11. The highest BCUT2D eigenvalue weighted by atomic mass is 79.9. The van der Waals surface area contributed by atoms with Gasteiger partial charge in [-0.3, -0.25) is 43.3 Å². The fourth-order valence-electron chi connectivity index (χ4n) is 4.24. The first kappa shape index (κ1) is 44.2. The summed E-state index contributed by atoms with van der Waals surface area (Å²) >= 11 is 2.97. The maximum absolute atomic E-state index is 13.4. The number of hydrogen-bond acceptors (Lipinski definition) is 12. The molecule has 0 saturated carbocycles. The Balaban J connectivity index is 3.09. The molecule has 0 radical (unpaired) electrons. The van der Waals surface area contributed by atoms with E-state index >= 15 is 0 Å². The molecule has 0 saturated heterocycles. The highest BCUT2D eigenvalue weighted by molar-refractivity contribution is 9.10. The summed E-state index contributed by atoms with van der Waals surface area (Å²) in [7, 11) is 0. The molecule has 5 amide bonds. The van der Waals surface area contributed by atoms with Crippen LogP contribution in [0.1, 0.15) is 46.0 Å². The molecule has 0 aromatic carbocycles. The lowest BCUT2D eigenvalue weighted by atomic mass is 10.1. The van der Waals surface area contributed by atoms with Gasteiger partial charge in [-0.2, -0.15) is 0 Å². The summed E-state index contributed by atoms with van der Waals surface area (Å²) in [4.78, 5) is 105. The number of amides is 5. The number of halogens is 1. The molecule has 15 N–H and O–H groups in total. The van der Waals surface area contributed by atoms with Crippen LogP contribution in [0, 0.1) is 0 Å². The molecule has 0 fully saturated rings. The van der Waals surface area contributed by atoms with Gasteiger partial charge in [0.1, 0.15) is 24.7 Å². The van der Waals surface area contributed by atoms with E-state index in [2.05, 4.69) is 42.2 Å². The minimum Gasteiger partial charge on any atom is -0.480 e. The molecule has 0 aliphatic rings. The van der Waals surface area contributed by atoms with Crippen LogP contribution in [0.5, 0.6) is 0 Å². The number of aliphatic hydroxyl groups excluding tert-OH is 2. The van der Waals surface area contributed by atoms with Gasteiger partial charge in [-0.15, -0.1) is 0 Å². The zero-order valence-corrected chi connectivity index (χ0v) is 29.6. The second-order valence-corrected chi connectivity index (χ2v) is 12.2. The molecule has 1 aromatic rings. The Bertz CT molecular complexity index is 1530. The summed E-state index contributed by atoms with van der Waals surface area (Å²) in [5.41, 5.74) is 14.8. The molecule has 286 valence electrons. The van der Waals surface area contributed by atoms with Crippen molar-refractivity contribution in [2.24, 2.45) is 22.2 Å². The van der Waals surface area contributed by atoms with E-state index in [0.717, 1.165) is 17.7 Å². The summed E-state index contributed by atoms with van der Waals surface area (Å²) in [5.74, 6) is -5.92. The summed E-state index contributed by atoms with van der Waals surface area (Å²) in [6.45, 7) is 1.29. The Morgan fingerprint density at radius 3 is 1.98 bits per heavy atom. The summed E-state index contributed by atoms with van der Waals surface area (Å²) in [5, 5.41) is 40.6. The van der Waals surface area contributed by atoms with Gasteiger partial charge < -0.3 is 59.1 Å². The maximum Gasteiger partial charge on any atom is 0.328 e. The van der Waals surface area contributed by atoms with Crippen LogP contribution in [0.4, 0.5) is 0 Å². The number of aromatic amines is 1. The molecule has 1 rings (SSSR count). The number of aliphatic imine (C=N–C) groups is 1. The largest absolute Gasteiger partial charge is 0.480 e. The van der Waals surface area contributed by atoms with Gasteiger partial charge in [-0.1, -0.05) is 0 Å². The van der Waals surface area contributed by atoms with Crippen LogP contribution in [-0.4, -0.2) is 122 Å². The van der Waals surface area contributed by atoms with Crippen molar-refractivity contribution in [1.82, 2.24) is 36.1 Å². The SMILES string of the molecule is C[C@H](N)C(=O)N[C@@H](CCCN=C(N)N)C(=O)N[C@@H](CCCCNC(=O)Cn1cc(Br)c(=O)[nH]c1=O)C(=O)N[C@@H](CO)C(=O)N[C@H](C(=O)O)[C@@H](C)O. The van der Waals surface area contributed by atoms with E-state index in [1.54, 1.807) is 0 Å². The first-order valence-corrected chi connectivity index (χ1v) is 16.5. The highest BCUT2D eigenvalue weighted by Gasteiger charge is 2.32. The van der Waals surface area contributed by atoms with Crippen molar-refractivity contribution < 1.29 is 44.1 Å². The number of hydrogen-bond donors (Lipinski definition) is 12. The van der Waals surface area contributed by atoms with Gasteiger partial charge in [-0.05, 0) is 61.9 Å². The van der Waals surface area contributed by atoms with E-state index in [1.807, 2.05) is 10.3 Å². The number of carboxylic acid groups (broad SMARTS) is 1. The Morgan fingerprint density at radius 1 is 0.902 bits per heavy atom. The molecule has 6 atom stereocenters. The minimum atomic E-state index is -1.76. The minimum absolute atomic E-state index is 0.0218. The van der Waals surface area contributed by atoms with Gasteiger partial charge in [0.25, 0.3) is 5.56 Å². The van der Waals surface area contributed by atoms with E-state index < -0.39 is 96.2 Å². The van der Waals surface area contributed by atoms with E-state index in [0.29, 0.717) is 0 Å². The normalized spacial score (nSPS) is 14.4. The number of guanidine groups is 1. The second-order valence-electron chi connectivity index (χ2n) is 11.4. The molecule has 0 aliphatic heterocycles. The predicted molar refractivity (Wildman–Crippen MR) is 184 cm³/mol. The third kappa shape index (κ3) is 16.1. The molecule has 51 heavy (non-hydrogen) atoms. The fourth-order valence-corrected chi connectivity index (χ4v) is 4.58. The average Bonchev–Trinajstić information content (AvgIpc) is 3.04. The summed E-state index contributed by atoms with van der Waals surface area (Å²) in [6, 6.07) is -7.03. The Morgan fingerprint density at radius 2 is 1.45 bits per heavy atom. The van der Waals surface area contributed by atoms with Crippen molar-refractivity contribution >= 4 is 57.4 Å². The number of carbonyl (C=O) groups is 6. The zero-order valence-electron chi connectivity index (χ0n) is 28.0. The monoisotopic (exact) mass is 791 g/mol. The van der Waals surface area contributed by atoms with Crippen molar-refractivity contribution in [2.75, 3.05) is 19.7 Å². The quantitative estimate of drug-likeness (QED) is 0.0296. The van der Waals surface area contributed by atoms with Gasteiger partial charge in [0.05, 0.1) is 23.2 Å². The van der Waals surface area contributed by atoms with E-state index in [4.69, 9.17) is 17.2 Å². The van der Waals surface area contributed by atoms with Crippen LogP contribution < -0.4 is 55.0 Å². The zero-order chi connectivity index (χ0) is 38.8. The van der Waals surface area contributed by atoms with E-state index in [9.17, 15) is 53.7 Å². The number of H-pyrrole nitrogens is 1. The topological polar surface area (TPSA) is 369 Å². The van der Waals surface area contributed by atoms with Crippen molar-refractivity contribution in [3.8, 4) is 0 Å². The number of aliphatic carboxylic acids is 1. The van der Waals surface area contributed by atoms with Crippen LogP contribution in [0.25, 0.3) is 0 Å². The van der Waals surface area contributed by atoms with Crippen molar-refractivity contribution in [1.29, 1.82) is 0 Å². The summed E-state index contributed by atoms with van der Waals surface area (Å²) in [6.07, 6.45) is 0.226. The molecule has 22 nitrogen and oxygen atoms in total. The first-order valence-electron chi connectivity index (χ1n) is 15.7.